The van der Waals surface area contributed by atoms with E-state index in [1.807, 2.05) is 0 Å². The molecule has 0 aliphatic carbocycles. The molecule has 0 rings (SSSR count). The molecule has 0 spiro atoms. The summed E-state index contributed by atoms with van der Waals surface area (Å²) in [4.78, 5) is 0. The van der Waals surface area contributed by atoms with E-state index in [4.69, 9.17) is 4.74 Å². The van der Waals surface area contributed by atoms with Crippen LogP contribution in [0.25, 0.3) is 0 Å². The molecule has 0 aromatic carbocycles. The van der Waals surface area contributed by atoms with Crippen LogP contribution in [0.5, 0.6) is 0 Å². The number of hydrogen-bond acceptors (Lipinski definition) is 1. The normalized spacial score (nSPS) is 14.6. The maximum absolute atomic E-state index is 5.31. The number of rotatable bonds is 5. The van der Waals surface area contributed by atoms with Crippen LogP contribution in [-0.2, 0) is 0 Å². The summed E-state index contributed by atoms with van der Waals surface area (Å²) in [6.07, 6.45) is 1.08. The molecule has 116 valence electrons. The molecular formula is C14H35N4P. The molecule has 0 fully saturated rings. The van der Waals surface area contributed by atoms with Gasteiger partial charge in [0.05, 0.1) is 5.54 Å². The van der Waals surface area contributed by atoms with Gasteiger partial charge in [0, 0.05) is 0 Å². The van der Waals surface area contributed by atoms with Gasteiger partial charge in [-0.05, 0) is 68.0 Å². The first kappa shape index (κ1) is 19.1. The highest BCUT2D eigenvalue weighted by molar-refractivity contribution is 7.59. The molecule has 0 amide bonds. The van der Waals surface area contributed by atoms with E-state index in [2.05, 4.69) is 90.9 Å². The second-order valence-electron chi connectivity index (χ2n) is 7.73. The van der Waals surface area contributed by atoms with Crippen molar-refractivity contribution >= 4 is 7.51 Å². The molecule has 0 aromatic rings. The van der Waals surface area contributed by atoms with Crippen molar-refractivity contribution in [3.8, 4) is 0 Å². The topological polar surface area (TPSA) is 22.1 Å². The summed E-state index contributed by atoms with van der Waals surface area (Å²) in [6.45, 7) is 11.4. The zero-order valence-electron chi connectivity index (χ0n) is 14.9. The standard InChI is InChI=1S/C14H35N4P/c1-13(2,3)12-14(4,5)15-19(16(6)7,17(8)9)18(10)11/h12H2,1-11H3. The first-order valence-electron chi connectivity index (χ1n) is 6.91. The summed E-state index contributed by atoms with van der Waals surface area (Å²) in [5.74, 6) is 0. The minimum atomic E-state index is -1.79. The Kier molecular flexibility index (Phi) is 6.29. The molecule has 0 saturated heterocycles. The van der Waals surface area contributed by atoms with Crippen molar-refractivity contribution in [3.05, 3.63) is 0 Å². The van der Waals surface area contributed by atoms with Crippen LogP contribution in [0.15, 0.2) is 4.74 Å². The molecule has 0 bridgehead atoms. The highest BCUT2D eigenvalue weighted by Crippen LogP contribution is 2.57. The van der Waals surface area contributed by atoms with E-state index in [-0.39, 0.29) is 11.0 Å². The molecule has 0 aromatic heterocycles. The first-order chi connectivity index (χ1) is 8.24. The molecule has 0 heterocycles. The van der Waals surface area contributed by atoms with Gasteiger partial charge in [0.25, 0.3) is 0 Å². The third-order valence-corrected chi connectivity index (χ3v) is 7.01. The Morgan fingerprint density at radius 2 is 1.05 bits per heavy atom. The van der Waals surface area contributed by atoms with Gasteiger partial charge in [-0.25, -0.2) is 0 Å². The lowest BCUT2D eigenvalue weighted by atomic mass is 9.82. The largest absolute Gasteiger partial charge is 0.254 e. The zero-order chi connectivity index (χ0) is 15.6. The SMILES string of the molecule is CN(C)P(=NC(C)(C)CC(C)(C)C)(N(C)C)N(C)C. The fraction of sp³-hybridized carbons (Fsp3) is 1.00. The Labute approximate surface area is 121 Å². The average Bonchev–Trinajstić information content (AvgIpc) is 2.08. The van der Waals surface area contributed by atoms with E-state index >= 15 is 0 Å². The Bertz CT molecular complexity index is 309. The molecule has 0 aliphatic heterocycles. The monoisotopic (exact) mass is 290 g/mol. The van der Waals surface area contributed by atoms with E-state index in [1.165, 1.54) is 0 Å². The van der Waals surface area contributed by atoms with Crippen LogP contribution in [0.2, 0.25) is 0 Å². The maximum Gasteiger partial charge on any atom is 0.166 e. The third-order valence-electron chi connectivity index (χ3n) is 2.98. The summed E-state index contributed by atoms with van der Waals surface area (Å²) >= 11 is 0. The smallest absolute Gasteiger partial charge is 0.166 e. The van der Waals surface area contributed by atoms with Gasteiger partial charge < -0.3 is 0 Å². The van der Waals surface area contributed by atoms with E-state index < -0.39 is 7.51 Å². The lowest BCUT2D eigenvalue weighted by Crippen LogP contribution is -2.34. The van der Waals surface area contributed by atoms with Crippen LogP contribution in [0.1, 0.15) is 41.0 Å². The van der Waals surface area contributed by atoms with Crippen molar-refractivity contribution in [1.29, 1.82) is 0 Å². The van der Waals surface area contributed by atoms with E-state index in [1.54, 1.807) is 0 Å². The molecule has 4 nitrogen and oxygen atoms in total. The van der Waals surface area contributed by atoms with Crippen LogP contribution < -0.4 is 0 Å². The van der Waals surface area contributed by atoms with Crippen molar-refractivity contribution in [2.75, 3.05) is 42.3 Å². The highest BCUT2D eigenvalue weighted by atomic mass is 31.2. The Balaban J connectivity index is 5.80. The summed E-state index contributed by atoms with van der Waals surface area (Å²) in [5, 5.41) is 0. The summed E-state index contributed by atoms with van der Waals surface area (Å²) in [6, 6.07) is 0. The Morgan fingerprint density at radius 1 is 0.737 bits per heavy atom. The molecule has 5 heteroatoms. The first-order valence-corrected chi connectivity index (χ1v) is 8.51. The van der Waals surface area contributed by atoms with Crippen LogP contribution in [0.4, 0.5) is 0 Å². The molecule has 19 heavy (non-hydrogen) atoms. The van der Waals surface area contributed by atoms with Gasteiger partial charge in [0.15, 0.2) is 7.51 Å². The van der Waals surface area contributed by atoms with Crippen LogP contribution in [0, 0.1) is 5.41 Å². The van der Waals surface area contributed by atoms with Gasteiger partial charge >= 0.3 is 0 Å². The maximum atomic E-state index is 5.31. The molecule has 0 aliphatic rings. The summed E-state index contributed by atoms with van der Waals surface area (Å²) < 4.78 is 12.1. The average molecular weight is 290 g/mol. The van der Waals surface area contributed by atoms with E-state index in [0.717, 1.165) is 6.42 Å². The Morgan fingerprint density at radius 3 is 1.26 bits per heavy atom. The molecule has 0 saturated carbocycles. The van der Waals surface area contributed by atoms with Crippen molar-refractivity contribution in [3.63, 3.8) is 0 Å². The van der Waals surface area contributed by atoms with Gasteiger partial charge in [-0.15, -0.1) is 0 Å². The van der Waals surface area contributed by atoms with E-state index in [0.29, 0.717) is 0 Å². The van der Waals surface area contributed by atoms with Crippen molar-refractivity contribution in [1.82, 2.24) is 14.0 Å². The van der Waals surface area contributed by atoms with Crippen LogP contribution in [-0.4, -0.2) is 61.8 Å². The second-order valence-corrected chi connectivity index (χ2v) is 11.4. The minimum absolute atomic E-state index is 0.0369. The predicted octanol–water partition coefficient (Wildman–Crippen LogP) is 3.83. The highest BCUT2D eigenvalue weighted by Gasteiger charge is 2.34. The van der Waals surface area contributed by atoms with Crippen molar-refractivity contribution in [2.45, 2.75) is 46.6 Å². The molecular weight excluding hydrogens is 255 g/mol. The lowest BCUT2D eigenvalue weighted by Gasteiger charge is -2.44. The van der Waals surface area contributed by atoms with Gasteiger partial charge in [-0.2, -0.15) is 0 Å². The van der Waals surface area contributed by atoms with Gasteiger partial charge in [-0.1, -0.05) is 20.8 Å². The lowest BCUT2D eigenvalue weighted by molar-refractivity contribution is 0.285. The number of hydrogen-bond donors (Lipinski definition) is 0. The fourth-order valence-corrected chi connectivity index (χ4v) is 6.52. The quantitative estimate of drug-likeness (QED) is 0.718. The fourth-order valence-electron chi connectivity index (χ4n) is 3.04. The van der Waals surface area contributed by atoms with Crippen LogP contribution >= 0.6 is 7.51 Å². The van der Waals surface area contributed by atoms with Gasteiger partial charge in [0.2, 0.25) is 0 Å². The summed E-state index contributed by atoms with van der Waals surface area (Å²) in [7, 11) is 11.0. The Hall–Kier alpha value is 0.110. The van der Waals surface area contributed by atoms with Crippen molar-refractivity contribution in [2.24, 2.45) is 10.2 Å². The third kappa shape index (κ3) is 5.18. The zero-order valence-corrected chi connectivity index (χ0v) is 15.8. The number of nitrogens with zero attached hydrogens (tertiary/aromatic N) is 4. The molecule has 0 unspecified atom stereocenters. The summed E-state index contributed by atoms with van der Waals surface area (Å²) in [5.41, 5.74) is 0.248. The van der Waals surface area contributed by atoms with Gasteiger partial charge in [0.1, 0.15) is 0 Å². The van der Waals surface area contributed by atoms with Crippen LogP contribution in [0.3, 0.4) is 0 Å². The van der Waals surface area contributed by atoms with E-state index in [9.17, 15) is 0 Å². The predicted molar refractivity (Wildman–Crippen MR) is 88.6 cm³/mol. The molecule has 0 atom stereocenters. The minimum Gasteiger partial charge on any atom is -0.254 e. The van der Waals surface area contributed by atoms with Gasteiger partial charge in [-0.3, -0.25) is 18.8 Å². The molecule has 0 N–H and O–H groups in total. The molecule has 0 radical (unpaired) electrons. The second kappa shape index (κ2) is 6.26. The van der Waals surface area contributed by atoms with Crippen molar-refractivity contribution < 1.29 is 0 Å².